The van der Waals surface area contributed by atoms with Gasteiger partial charge in [0.1, 0.15) is 0 Å². The van der Waals surface area contributed by atoms with Gasteiger partial charge in [0.05, 0.1) is 11.5 Å². The average Bonchev–Trinajstić information content (AvgIpc) is 1.99. The maximum atomic E-state index is 10.0. The molecule has 4 nitrogen and oxygen atoms in total. The number of aliphatic hydroxyl groups is 1. The first kappa shape index (κ1) is 9.84. The zero-order chi connectivity index (χ0) is 8.85. The van der Waals surface area contributed by atoms with Gasteiger partial charge in [-0.2, -0.15) is 0 Å². The molecule has 0 aromatic rings. The van der Waals surface area contributed by atoms with Crippen LogP contribution in [0.2, 0.25) is 0 Å². The average molecular weight is 157 g/mol. The zero-order valence-corrected chi connectivity index (χ0v) is 6.57. The van der Waals surface area contributed by atoms with Gasteiger partial charge in [0.25, 0.3) is 0 Å². The Bertz CT molecular complexity index is 206. The molecule has 11 heavy (non-hydrogen) atoms. The van der Waals surface area contributed by atoms with Gasteiger partial charge in [-0.15, -0.1) is 0 Å². The molecule has 0 saturated carbocycles. The Morgan fingerprint density at radius 3 is 2.45 bits per heavy atom. The molecule has 62 valence electrons. The minimum absolute atomic E-state index is 0.0674. The first-order valence-corrected chi connectivity index (χ1v) is 3.17. The van der Waals surface area contributed by atoms with Crippen LogP contribution in [0.15, 0.2) is 23.4 Å². The van der Waals surface area contributed by atoms with E-state index < -0.39 is 4.92 Å². The predicted octanol–water partition coefficient (Wildman–Crippen LogP) is 1.11. The minimum Gasteiger partial charge on any atom is -0.392 e. The summed E-state index contributed by atoms with van der Waals surface area (Å²) in [5.74, 6) is 0. The highest BCUT2D eigenvalue weighted by atomic mass is 16.6. The van der Waals surface area contributed by atoms with Crippen molar-refractivity contribution in [3.63, 3.8) is 0 Å². The third-order valence-electron chi connectivity index (χ3n) is 1.15. The minimum atomic E-state index is -0.471. The fraction of sp³-hybridized carbons (Fsp3) is 0.429. The lowest BCUT2D eigenvalue weighted by Gasteiger charge is -1.89. The van der Waals surface area contributed by atoms with Gasteiger partial charge >= 0.3 is 0 Å². The second-order valence-electron chi connectivity index (χ2n) is 2.24. The molecule has 0 heterocycles. The third-order valence-corrected chi connectivity index (χ3v) is 1.15. The van der Waals surface area contributed by atoms with Gasteiger partial charge in [-0.25, -0.2) is 0 Å². The Kier molecular flexibility index (Phi) is 4.14. The Hall–Kier alpha value is -1.16. The van der Waals surface area contributed by atoms with Crippen LogP contribution in [0.4, 0.5) is 0 Å². The molecule has 0 rings (SSSR count). The predicted molar refractivity (Wildman–Crippen MR) is 41.6 cm³/mol. The van der Waals surface area contributed by atoms with Crippen molar-refractivity contribution in [3.8, 4) is 0 Å². The van der Waals surface area contributed by atoms with Gasteiger partial charge in [-0.3, -0.25) is 10.1 Å². The van der Waals surface area contributed by atoms with E-state index in [1.807, 2.05) is 0 Å². The molecule has 0 spiro atoms. The van der Waals surface area contributed by atoms with Crippen LogP contribution in [0.3, 0.4) is 0 Å². The van der Waals surface area contributed by atoms with Crippen LogP contribution in [-0.2, 0) is 0 Å². The van der Waals surface area contributed by atoms with E-state index >= 15 is 0 Å². The Morgan fingerprint density at radius 2 is 2.09 bits per heavy atom. The van der Waals surface area contributed by atoms with Crippen molar-refractivity contribution in [1.29, 1.82) is 0 Å². The standard InChI is InChI=1S/C7H11NO3/c1-6(5-9)3-4-7(2)8(10)11/h3-4,9H,5H2,1-2H3/b6-3+,7-4+. The number of rotatable bonds is 3. The van der Waals surface area contributed by atoms with Crippen LogP contribution in [0.25, 0.3) is 0 Å². The largest absolute Gasteiger partial charge is 0.392 e. The molecular formula is C7H11NO3. The number of aliphatic hydroxyl groups excluding tert-OH is 1. The Labute approximate surface area is 65.0 Å². The van der Waals surface area contributed by atoms with Gasteiger partial charge in [0.2, 0.25) is 5.70 Å². The van der Waals surface area contributed by atoms with Crippen LogP contribution in [0.5, 0.6) is 0 Å². The molecule has 0 atom stereocenters. The molecule has 4 heteroatoms. The molecule has 0 unspecified atom stereocenters. The lowest BCUT2D eigenvalue weighted by atomic mass is 10.3. The summed E-state index contributed by atoms with van der Waals surface area (Å²) < 4.78 is 0. The molecule has 0 bridgehead atoms. The molecule has 0 aliphatic carbocycles. The second kappa shape index (κ2) is 4.62. The number of nitro groups is 1. The molecule has 0 radical (unpaired) electrons. The van der Waals surface area contributed by atoms with Gasteiger partial charge in [-0.1, -0.05) is 6.08 Å². The third kappa shape index (κ3) is 4.27. The fourth-order valence-electron chi connectivity index (χ4n) is 0.376. The highest BCUT2D eigenvalue weighted by Gasteiger charge is 1.97. The van der Waals surface area contributed by atoms with Gasteiger partial charge in [0.15, 0.2) is 0 Å². The van der Waals surface area contributed by atoms with Crippen molar-refractivity contribution in [2.24, 2.45) is 0 Å². The molecule has 0 aliphatic heterocycles. The van der Waals surface area contributed by atoms with Crippen molar-refractivity contribution in [3.05, 3.63) is 33.5 Å². The zero-order valence-electron chi connectivity index (χ0n) is 6.57. The number of allylic oxidation sites excluding steroid dienone is 3. The van der Waals surface area contributed by atoms with Crippen molar-refractivity contribution in [2.45, 2.75) is 13.8 Å². The maximum absolute atomic E-state index is 10.0. The highest BCUT2D eigenvalue weighted by Crippen LogP contribution is 1.96. The lowest BCUT2D eigenvalue weighted by Crippen LogP contribution is -1.92. The van der Waals surface area contributed by atoms with Crippen LogP contribution in [0.1, 0.15) is 13.8 Å². The van der Waals surface area contributed by atoms with Crippen molar-refractivity contribution in [2.75, 3.05) is 6.61 Å². The van der Waals surface area contributed by atoms with E-state index in [1.54, 1.807) is 6.92 Å². The lowest BCUT2D eigenvalue weighted by molar-refractivity contribution is -0.424. The quantitative estimate of drug-likeness (QED) is 0.379. The molecule has 0 aromatic heterocycles. The summed E-state index contributed by atoms with van der Waals surface area (Å²) in [4.78, 5) is 9.57. The fourth-order valence-corrected chi connectivity index (χ4v) is 0.376. The molecule has 1 N–H and O–H groups in total. The van der Waals surface area contributed by atoms with Crippen molar-refractivity contribution in [1.82, 2.24) is 0 Å². The van der Waals surface area contributed by atoms with Crippen LogP contribution >= 0.6 is 0 Å². The maximum Gasteiger partial charge on any atom is 0.243 e. The number of hydrogen-bond donors (Lipinski definition) is 1. The summed E-state index contributed by atoms with van der Waals surface area (Å²) in [6, 6.07) is 0. The number of hydrogen-bond acceptors (Lipinski definition) is 3. The smallest absolute Gasteiger partial charge is 0.243 e. The Balaban J connectivity index is 4.22. The van der Waals surface area contributed by atoms with Crippen molar-refractivity contribution < 1.29 is 10.0 Å². The van der Waals surface area contributed by atoms with Gasteiger partial charge in [0, 0.05) is 13.0 Å². The molecule has 0 saturated heterocycles. The van der Waals surface area contributed by atoms with E-state index in [4.69, 9.17) is 5.11 Å². The summed E-state index contributed by atoms with van der Waals surface area (Å²) in [7, 11) is 0. The van der Waals surface area contributed by atoms with Crippen LogP contribution in [-0.4, -0.2) is 16.6 Å². The monoisotopic (exact) mass is 157 g/mol. The summed E-state index contributed by atoms with van der Waals surface area (Å²) >= 11 is 0. The van der Waals surface area contributed by atoms with E-state index in [0.29, 0.717) is 5.57 Å². The SMILES string of the molecule is C/C(=C\C=C(/C)[N+](=O)[O-])CO. The Morgan fingerprint density at radius 1 is 1.55 bits per heavy atom. The summed E-state index contributed by atoms with van der Waals surface area (Å²) in [5.41, 5.74) is 0.768. The first-order chi connectivity index (χ1) is 5.07. The summed E-state index contributed by atoms with van der Waals surface area (Å²) in [6.07, 6.45) is 2.89. The normalized spacial score (nSPS) is 13.4. The van der Waals surface area contributed by atoms with Crippen molar-refractivity contribution >= 4 is 0 Å². The molecule has 0 aliphatic rings. The topological polar surface area (TPSA) is 63.4 Å². The highest BCUT2D eigenvalue weighted by molar-refractivity contribution is 5.12. The van der Waals surface area contributed by atoms with Gasteiger partial charge in [-0.05, 0) is 12.5 Å². The van der Waals surface area contributed by atoms with E-state index in [0.717, 1.165) is 0 Å². The summed E-state index contributed by atoms with van der Waals surface area (Å²) in [6.45, 7) is 3.03. The molecule has 0 fully saturated rings. The first-order valence-electron chi connectivity index (χ1n) is 3.17. The molecule has 0 aromatic carbocycles. The van der Waals surface area contributed by atoms with E-state index in [9.17, 15) is 10.1 Å². The van der Waals surface area contributed by atoms with Crippen LogP contribution in [0, 0.1) is 10.1 Å². The van der Waals surface area contributed by atoms with Crippen LogP contribution < -0.4 is 0 Å². The molecular weight excluding hydrogens is 146 g/mol. The van der Waals surface area contributed by atoms with E-state index in [1.165, 1.54) is 19.1 Å². The van der Waals surface area contributed by atoms with Gasteiger partial charge < -0.3 is 5.11 Å². The molecule has 0 amide bonds. The van der Waals surface area contributed by atoms with E-state index in [-0.39, 0.29) is 12.3 Å². The van der Waals surface area contributed by atoms with E-state index in [2.05, 4.69) is 0 Å². The second-order valence-corrected chi connectivity index (χ2v) is 2.24. The number of nitrogens with zero attached hydrogens (tertiary/aromatic N) is 1. The summed E-state index contributed by atoms with van der Waals surface area (Å²) in [5, 5.41) is 18.6.